The number of ether oxygens (including phenoxy) is 1. The summed E-state index contributed by atoms with van der Waals surface area (Å²) in [7, 11) is 1.70. The molecule has 0 aliphatic rings. The summed E-state index contributed by atoms with van der Waals surface area (Å²) in [4.78, 5) is 4.48. The Hall–Kier alpha value is -1.09. The average Bonchev–Trinajstić information content (AvgIpc) is 2.28. The number of nitrogens with zero attached hydrogens (tertiary/aromatic N) is 1. The second kappa shape index (κ2) is 6.01. The Balaban J connectivity index is 2.88. The maximum absolute atomic E-state index is 5.39. The zero-order chi connectivity index (χ0) is 12.9. The second-order valence-electron chi connectivity index (χ2n) is 5.10. The van der Waals surface area contributed by atoms with Gasteiger partial charge in [0.15, 0.2) is 0 Å². The van der Waals surface area contributed by atoms with Crippen molar-refractivity contribution >= 4 is 0 Å². The Morgan fingerprint density at radius 2 is 2.18 bits per heavy atom. The lowest BCUT2D eigenvalue weighted by atomic mass is 9.82. The predicted octanol–water partition coefficient (Wildman–Crippen LogP) is 2.76. The van der Waals surface area contributed by atoms with Crippen LogP contribution in [0.25, 0.3) is 0 Å². The second-order valence-corrected chi connectivity index (χ2v) is 5.10. The summed E-state index contributed by atoms with van der Waals surface area (Å²) in [6.07, 6.45) is 2.87. The van der Waals surface area contributed by atoms with E-state index in [1.165, 1.54) is 0 Å². The lowest BCUT2D eigenvalue weighted by Crippen LogP contribution is -2.33. The molecule has 0 spiro atoms. The molecular weight excluding hydrogens is 212 g/mol. The summed E-state index contributed by atoms with van der Waals surface area (Å²) < 4.78 is 5.39. The molecule has 0 amide bonds. The van der Waals surface area contributed by atoms with Crippen molar-refractivity contribution in [3.8, 4) is 5.75 Å². The summed E-state index contributed by atoms with van der Waals surface area (Å²) in [5.41, 5.74) is 1.04. The number of pyridine rings is 1. The van der Waals surface area contributed by atoms with Gasteiger partial charge in [0.2, 0.25) is 0 Å². The van der Waals surface area contributed by atoms with Crippen LogP contribution in [-0.2, 0) is 5.41 Å². The van der Waals surface area contributed by atoms with Gasteiger partial charge in [-0.2, -0.15) is 0 Å². The van der Waals surface area contributed by atoms with E-state index in [1.807, 2.05) is 18.3 Å². The molecule has 0 fully saturated rings. The largest absolute Gasteiger partial charge is 0.495 e. The molecule has 0 aromatic carbocycles. The summed E-state index contributed by atoms with van der Waals surface area (Å²) in [5.74, 6) is 0.876. The maximum atomic E-state index is 5.39. The fourth-order valence-electron chi connectivity index (χ4n) is 2.35. The van der Waals surface area contributed by atoms with Crippen LogP contribution in [0.4, 0.5) is 0 Å². The van der Waals surface area contributed by atoms with Gasteiger partial charge >= 0.3 is 0 Å². The van der Waals surface area contributed by atoms with E-state index in [-0.39, 0.29) is 5.41 Å². The minimum absolute atomic E-state index is 0.00812. The highest BCUT2D eigenvalue weighted by Gasteiger charge is 2.27. The molecule has 0 saturated heterocycles. The average molecular weight is 236 g/mol. The highest BCUT2D eigenvalue weighted by atomic mass is 16.5. The van der Waals surface area contributed by atoms with Crippen molar-refractivity contribution in [1.82, 2.24) is 10.3 Å². The highest BCUT2D eigenvalue weighted by Crippen LogP contribution is 2.33. The van der Waals surface area contributed by atoms with Crippen molar-refractivity contribution < 1.29 is 4.74 Å². The standard InChI is InChI=1S/C14H24N2O/c1-6-15-11(2)10-14(3,4)13-12(17-5)8-7-9-16-13/h7-9,11,15H,6,10H2,1-5H3. The SMILES string of the molecule is CCNC(C)CC(C)(C)c1ncccc1OC. The van der Waals surface area contributed by atoms with Crippen LogP contribution < -0.4 is 10.1 Å². The first-order chi connectivity index (χ1) is 8.01. The third-order valence-electron chi connectivity index (χ3n) is 3.00. The van der Waals surface area contributed by atoms with Crippen LogP contribution in [-0.4, -0.2) is 24.7 Å². The molecule has 0 saturated carbocycles. The van der Waals surface area contributed by atoms with Gasteiger partial charge in [-0.1, -0.05) is 20.8 Å². The molecule has 1 aromatic rings. The molecule has 0 aliphatic carbocycles. The van der Waals surface area contributed by atoms with Gasteiger partial charge in [0.1, 0.15) is 5.75 Å². The minimum atomic E-state index is 0.00812. The van der Waals surface area contributed by atoms with Crippen molar-refractivity contribution in [2.75, 3.05) is 13.7 Å². The van der Waals surface area contributed by atoms with Gasteiger partial charge in [-0.15, -0.1) is 0 Å². The molecule has 96 valence electrons. The normalized spacial score (nSPS) is 13.5. The molecule has 1 N–H and O–H groups in total. The van der Waals surface area contributed by atoms with Gasteiger partial charge in [0.05, 0.1) is 12.8 Å². The Kier molecular flexibility index (Phi) is 4.94. The Labute approximate surface area is 105 Å². The lowest BCUT2D eigenvalue weighted by Gasteiger charge is -2.29. The van der Waals surface area contributed by atoms with E-state index in [0.717, 1.165) is 24.4 Å². The molecule has 3 heteroatoms. The monoisotopic (exact) mass is 236 g/mol. The van der Waals surface area contributed by atoms with E-state index < -0.39 is 0 Å². The minimum Gasteiger partial charge on any atom is -0.495 e. The first-order valence-corrected chi connectivity index (χ1v) is 6.24. The van der Waals surface area contributed by atoms with Crippen LogP contribution in [0.2, 0.25) is 0 Å². The third-order valence-corrected chi connectivity index (χ3v) is 3.00. The van der Waals surface area contributed by atoms with Gasteiger partial charge in [-0.05, 0) is 32.0 Å². The molecule has 1 unspecified atom stereocenters. The van der Waals surface area contributed by atoms with E-state index in [0.29, 0.717) is 6.04 Å². The summed E-state index contributed by atoms with van der Waals surface area (Å²) in [5, 5.41) is 3.44. The van der Waals surface area contributed by atoms with Crippen LogP contribution in [0, 0.1) is 0 Å². The van der Waals surface area contributed by atoms with E-state index in [1.54, 1.807) is 7.11 Å². The Bertz CT molecular complexity index is 350. The van der Waals surface area contributed by atoms with E-state index in [4.69, 9.17) is 4.74 Å². The number of rotatable bonds is 6. The zero-order valence-corrected chi connectivity index (χ0v) is 11.6. The summed E-state index contributed by atoms with van der Waals surface area (Å²) in [6, 6.07) is 4.36. The molecule has 1 aromatic heterocycles. The van der Waals surface area contributed by atoms with Gasteiger partial charge in [-0.25, -0.2) is 0 Å². The molecule has 0 radical (unpaired) electrons. The van der Waals surface area contributed by atoms with Crippen LogP contribution in [0.3, 0.4) is 0 Å². The molecule has 0 bridgehead atoms. The smallest absolute Gasteiger partial charge is 0.140 e. The van der Waals surface area contributed by atoms with E-state index in [9.17, 15) is 0 Å². The quantitative estimate of drug-likeness (QED) is 0.824. The molecule has 17 heavy (non-hydrogen) atoms. The predicted molar refractivity (Wildman–Crippen MR) is 71.6 cm³/mol. The summed E-state index contributed by atoms with van der Waals surface area (Å²) in [6.45, 7) is 9.76. The molecule has 1 rings (SSSR count). The van der Waals surface area contributed by atoms with Crippen molar-refractivity contribution in [2.45, 2.75) is 45.6 Å². The van der Waals surface area contributed by atoms with Crippen LogP contribution in [0.5, 0.6) is 5.75 Å². The van der Waals surface area contributed by atoms with Crippen LogP contribution in [0.1, 0.15) is 39.8 Å². The lowest BCUT2D eigenvalue weighted by molar-refractivity contribution is 0.352. The van der Waals surface area contributed by atoms with Crippen molar-refractivity contribution in [3.63, 3.8) is 0 Å². The zero-order valence-electron chi connectivity index (χ0n) is 11.6. The first-order valence-electron chi connectivity index (χ1n) is 6.24. The number of nitrogens with one attached hydrogen (secondary N) is 1. The van der Waals surface area contributed by atoms with Crippen molar-refractivity contribution in [3.05, 3.63) is 24.0 Å². The number of methoxy groups -OCH3 is 1. The van der Waals surface area contributed by atoms with Gasteiger partial charge in [0.25, 0.3) is 0 Å². The summed E-state index contributed by atoms with van der Waals surface area (Å²) >= 11 is 0. The number of hydrogen-bond donors (Lipinski definition) is 1. The van der Waals surface area contributed by atoms with Gasteiger partial charge in [0, 0.05) is 17.7 Å². The molecule has 1 heterocycles. The maximum Gasteiger partial charge on any atom is 0.140 e. The fraction of sp³-hybridized carbons (Fsp3) is 0.643. The van der Waals surface area contributed by atoms with E-state index >= 15 is 0 Å². The molecular formula is C14H24N2O. The molecule has 1 atom stereocenters. The van der Waals surface area contributed by atoms with Gasteiger partial charge < -0.3 is 10.1 Å². The highest BCUT2D eigenvalue weighted by molar-refractivity contribution is 5.32. The van der Waals surface area contributed by atoms with Crippen LogP contribution >= 0.6 is 0 Å². The Morgan fingerprint density at radius 1 is 1.47 bits per heavy atom. The fourth-order valence-corrected chi connectivity index (χ4v) is 2.35. The molecule has 0 aliphatic heterocycles. The van der Waals surface area contributed by atoms with Gasteiger partial charge in [-0.3, -0.25) is 4.98 Å². The third kappa shape index (κ3) is 3.70. The number of aromatic nitrogens is 1. The van der Waals surface area contributed by atoms with Crippen molar-refractivity contribution in [2.24, 2.45) is 0 Å². The van der Waals surface area contributed by atoms with Crippen molar-refractivity contribution in [1.29, 1.82) is 0 Å². The first kappa shape index (κ1) is 14.0. The van der Waals surface area contributed by atoms with Crippen LogP contribution in [0.15, 0.2) is 18.3 Å². The van der Waals surface area contributed by atoms with E-state index in [2.05, 4.69) is 38.0 Å². The topological polar surface area (TPSA) is 34.2 Å². The number of hydrogen-bond acceptors (Lipinski definition) is 3. The molecule has 3 nitrogen and oxygen atoms in total. The Morgan fingerprint density at radius 3 is 2.76 bits per heavy atom.